The van der Waals surface area contributed by atoms with E-state index in [9.17, 15) is 0 Å². The third-order valence-electron chi connectivity index (χ3n) is 2.61. The first kappa shape index (κ1) is 14.8. The highest BCUT2D eigenvalue weighted by molar-refractivity contribution is 5.51. The monoisotopic (exact) mass is 254 g/mol. The van der Waals surface area contributed by atoms with Crippen molar-refractivity contribution in [3.63, 3.8) is 0 Å². The summed E-state index contributed by atoms with van der Waals surface area (Å²) in [6.45, 7) is 3.46. The molecule has 0 radical (unpaired) electrons. The summed E-state index contributed by atoms with van der Waals surface area (Å²) in [6.07, 6.45) is 0. The second-order valence-corrected chi connectivity index (χ2v) is 3.94. The maximum absolute atomic E-state index is 8.95. The molecule has 1 rings (SSSR count). The Morgan fingerprint density at radius 1 is 1.17 bits per heavy atom. The predicted octanol–water partition coefficient (Wildman–Crippen LogP) is 0.588. The average molecular weight is 254 g/mol. The van der Waals surface area contributed by atoms with Gasteiger partial charge in [0.25, 0.3) is 0 Å². The minimum Gasteiger partial charge on any atom is -0.490 e. The largest absolute Gasteiger partial charge is 0.490 e. The normalized spacial score (nSPS) is 10.8. The van der Waals surface area contributed by atoms with E-state index in [1.54, 1.807) is 7.11 Å². The van der Waals surface area contributed by atoms with E-state index < -0.39 is 0 Å². The van der Waals surface area contributed by atoms with Crippen molar-refractivity contribution in [3.05, 3.63) is 24.3 Å². The molecule has 1 aromatic rings. The minimum atomic E-state index is 0.136. The van der Waals surface area contributed by atoms with Crippen LogP contribution in [0.4, 0.5) is 5.69 Å². The van der Waals surface area contributed by atoms with E-state index in [0.717, 1.165) is 13.1 Å². The number of rotatable bonds is 9. The summed E-state index contributed by atoms with van der Waals surface area (Å²) in [7, 11) is 1.66. The lowest BCUT2D eigenvalue weighted by molar-refractivity contribution is 0.119. The van der Waals surface area contributed by atoms with Gasteiger partial charge in [0.1, 0.15) is 12.4 Å². The summed E-state index contributed by atoms with van der Waals surface area (Å²) in [4.78, 5) is 2.09. The van der Waals surface area contributed by atoms with Crippen LogP contribution in [0, 0.1) is 0 Å². The van der Waals surface area contributed by atoms with Gasteiger partial charge in [0.05, 0.1) is 18.9 Å². The molecule has 0 saturated carbocycles. The van der Waals surface area contributed by atoms with E-state index in [1.807, 2.05) is 24.3 Å². The highest BCUT2D eigenvalue weighted by Gasteiger charge is 2.05. The number of aliphatic hydroxyl groups is 1. The smallest absolute Gasteiger partial charge is 0.142 e. The minimum absolute atomic E-state index is 0.136. The Hall–Kier alpha value is -1.30. The zero-order valence-corrected chi connectivity index (χ0v) is 10.8. The van der Waals surface area contributed by atoms with Crippen LogP contribution >= 0.6 is 0 Å². The summed E-state index contributed by atoms with van der Waals surface area (Å²) in [5.74, 6) is 0.702. The zero-order chi connectivity index (χ0) is 13.2. The number of aliphatic hydroxyl groups excluding tert-OH is 1. The molecule has 102 valence electrons. The SMILES string of the molecule is COCCN(CCO)CCOc1ccccc1N. The maximum Gasteiger partial charge on any atom is 0.142 e. The van der Waals surface area contributed by atoms with E-state index in [-0.39, 0.29) is 6.61 Å². The van der Waals surface area contributed by atoms with Gasteiger partial charge in [0.15, 0.2) is 0 Å². The summed E-state index contributed by atoms with van der Waals surface area (Å²) in [6, 6.07) is 7.42. The lowest BCUT2D eigenvalue weighted by atomic mass is 10.3. The Bertz CT molecular complexity index is 334. The molecule has 0 heterocycles. The van der Waals surface area contributed by atoms with Crippen LogP contribution in [0.5, 0.6) is 5.75 Å². The van der Waals surface area contributed by atoms with Crippen molar-refractivity contribution >= 4 is 5.69 Å². The predicted molar refractivity (Wildman–Crippen MR) is 71.8 cm³/mol. The van der Waals surface area contributed by atoms with Crippen molar-refractivity contribution in [3.8, 4) is 5.75 Å². The number of nitrogens with zero attached hydrogens (tertiary/aromatic N) is 1. The second kappa shape index (κ2) is 8.74. The van der Waals surface area contributed by atoms with Crippen molar-refractivity contribution in [2.24, 2.45) is 0 Å². The van der Waals surface area contributed by atoms with Gasteiger partial charge in [0.2, 0.25) is 0 Å². The first-order chi connectivity index (χ1) is 8.77. The van der Waals surface area contributed by atoms with Crippen LogP contribution in [0.2, 0.25) is 0 Å². The standard InChI is InChI=1S/C13H22N2O3/c1-17-10-7-15(6-9-16)8-11-18-13-5-3-2-4-12(13)14/h2-5,16H,6-11,14H2,1H3. The average Bonchev–Trinajstić information content (AvgIpc) is 2.38. The Morgan fingerprint density at radius 2 is 1.89 bits per heavy atom. The lowest BCUT2D eigenvalue weighted by Crippen LogP contribution is -2.33. The molecule has 0 spiro atoms. The fourth-order valence-electron chi connectivity index (χ4n) is 1.59. The molecular formula is C13H22N2O3. The van der Waals surface area contributed by atoms with Crippen molar-refractivity contribution in [2.45, 2.75) is 0 Å². The molecule has 0 aliphatic heterocycles. The molecule has 0 atom stereocenters. The van der Waals surface area contributed by atoms with Crippen LogP contribution in [-0.2, 0) is 4.74 Å². The van der Waals surface area contributed by atoms with E-state index in [2.05, 4.69) is 4.90 Å². The van der Waals surface area contributed by atoms with Gasteiger partial charge >= 0.3 is 0 Å². The van der Waals surface area contributed by atoms with E-state index in [1.165, 1.54) is 0 Å². The fourth-order valence-corrected chi connectivity index (χ4v) is 1.59. The molecule has 18 heavy (non-hydrogen) atoms. The van der Waals surface area contributed by atoms with Gasteiger partial charge < -0.3 is 20.3 Å². The number of para-hydroxylation sites is 2. The Kier molecular flexibility index (Phi) is 7.17. The molecule has 5 nitrogen and oxygen atoms in total. The molecular weight excluding hydrogens is 232 g/mol. The lowest BCUT2D eigenvalue weighted by Gasteiger charge is -2.21. The van der Waals surface area contributed by atoms with E-state index >= 15 is 0 Å². The van der Waals surface area contributed by atoms with Gasteiger partial charge in [0, 0.05) is 26.7 Å². The molecule has 1 aromatic carbocycles. The second-order valence-electron chi connectivity index (χ2n) is 3.94. The van der Waals surface area contributed by atoms with E-state index in [4.69, 9.17) is 20.3 Å². The van der Waals surface area contributed by atoms with Crippen LogP contribution in [0.15, 0.2) is 24.3 Å². The summed E-state index contributed by atoms with van der Waals surface area (Å²) < 4.78 is 10.6. The van der Waals surface area contributed by atoms with Crippen LogP contribution in [-0.4, -0.2) is 56.6 Å². The number of ether oxygens (including phenoxy) is 2. The molecule has 0 fully saturated rings. The molecule has 0 unspecified atom stereocenters. The summed E-state index contributed by atoms with van der Waals surface area (Å²) in [5.41, 5.74) is 6.42. The third kappa shape index (κ3) is 5.35. The number of benzene rings is 1. The van der Waals surface area contributed by atoms with Gasteiger partial charge in [-0.3, -0.25) is 4.90 Å². The van der Waals surface area contributed by atoms with Crippen LogP contribution in [0.25, 0.3) is 0 Å². The highest BCUT2D eigenvalue weighted by atomic mass is 16.5. The zero-order valence-electron chi connectivity index (χ0n) is 10.8. The maximum atomic E-state index is 8.95. The molecule has 5 heteroatoms. The van der Waals surface area contributed by atoms with Crippen molar-refractivity contribution in [2.75, 3.05) is 52.3 Å². The topological polar surface area (TPSA) is 68.0 Å². The molecule has 0 aliphatic carbocycles. The highest BCUT2D eigenvalue weighted by Crippen LogP contribution is 2.19. The fraction of sp³-hybridized carbons (Fsp3) is 0.538. The molecule has 0 amide bonds. The number of methoxy groups -OCH3 is 1. The number of anilines is 1. The number of hydrogen-bond acceptors (Lipinski definition) is 5. The molecule has 0 bridgehead atoms. The molecule has 0 saturated heterocycles. The third-order valence-corrected chi connectivity index (χ3v) is 2.61. The first-order valence-corrected chi connectivity index (χ1v) is 6.07. The molecule has 3 N–H and O–H groups in total. The van der Waals surface area contributed by atoms with Gasteiger partial charge in [-0.2, -0.15) is 0 Å². The van der Waals surface area contributed by atoms with Crippen LogP contribution in [0.1, 0.15) is 0 Å². The molecule has 0 aromatic heterocycles. The number of hydrogen-bond donors (Lipinski definition) is 2. The van der Waals surface area contributed by atoms with Crippen LogP contribution < -0.4 is 10.5 Å². The number of nitrogen functional groups attached to an aromatic ring is 1. The van der Waals surface area contributed by atoms with Crippen molar-refractivity contribution in [1.82, 2.24) is 4.90 Å². The van der Waals surface area contributed by atoms with Gasteiger partial charge in [-0.1, -0.05) is 12.1 Å². The Balaban J connectivity index is 2.31. The first-order valence-electron chi connectivity index (χ1n) is 6.07. The Labute approximate surface area is 108 Å². The Morgan fingerprint density at radius 3 is 2.56 bits per heavy atom. The van der Waals surface area contributed by atoms with Gasteiger partial charge in [-0.05, 0) is 12.1 Å². The molecule has 0 aliphatic rings. The van der Waals surface area contributed by atoms with Crippen molar-refractivity contribution < 1.29 is 14.6 Å². The summed E-state index contributed by atoms with van der Waals surface area (Å²) in [5, 5.41) is 8.95. The van der Waals surface area contributed by atoms with E-state index in [0.29, 0.717) is 31.2 Å². The number of nitrogens with two attached hydrogens (primary N) is 1. The summed E-state index contributed by atoms with van der Waals surface area (Å²) >= 11 is 0. The van der Waals surface area contributed by atoms with Crippen molar-refractivity contribution in [1.29, 1.82) is 0 Å². The van der Waals surface area contributed by atoms with Gasteiger partial charge in [-0.25, -0.2) is 0 Å². The van der Waals surface area contributed by atoms with Gasteiger partial charge in [-0.15, -0.1) is 0 Å². The quantitative estimate of drug-likeness (QED) is 0.631. The van der Waals surface area contributed by atoms with Crippen LogP contribution in [0.3, 0.4) is 0 Å².